The van der Waals surface area contributed by atoms with Crippen LogP contribution in [0.1, 0.15) is 12.8 Å². The van der Waals surface area contributed by atoms with Crippen molar-refractivity contribution < 1.29 is 24.5 Å². The first-order valence-corrected chi connectivity index (χ1v) is 4.29. The topological polar surface area (TPSA) is 87.1 Å². The molecule has 1 rings (SSSR count). The summed E-state index contributed by atoms with van der Waals surface area (Å²) < 4.78 is 4.44. The predicted octanol–water partition coefficient (Wildman–Crippen LogP) is -0.337. The minimum atomic E-state index is -1.12. The van der Waals surface area contributed by atoms with Crippen LogP contribution in [0.3, 0.4) is 0 Å². The second kappa shape index (κ2) is 4.28. The van der Waals surface area contributed by atoms with Crippen molar-refractivity contribution in [2.45, 2.75) is 25.0 Å². The van der Waals surface area contributed by atoms with Gasteiger partial charge in [-0.25, -0.2) is 4.79 Å². The van der Waals surface area contributed by atoms with Gasteiger partial charge in [-0.15, -0.1) is 0 Å². The number of hydrogen-bond acceptors (Lipinski definition) is 4. The highest BCUT2D eigenvalue weighted by atomic mass is 16.5. The summed E-state index contributed by atoms with van der Waals surface area (Å²) in [5.74, 6) is -0.463. The van der Waals surface area contributed by atoms with Crippen LogP contribution >= 0.6 is 0 Å². The van der Waals surface area contributed by atoms with Crippen molar-refractivity contribution in [3.8, 4) is 0 Å². The van der Waals surface area contributed by atoms with Gasteiger partial charge in [-0.1, -0.05) is 0 Å². The average molecular weight is 203 g/mol. The van der Waals surface area contributed by atoms with E-state index in [0.717, 1.165) is 4.90 Å². The van der Waals surface area contributed by atoms with Gasteiger partial charge < -0.3 is 19.8 Å². The average Bonchev–Trinajstić information content (AvgIpc) is 2.46. The van der Waals surface area contributed by atoms with E-state index in [-0.39, 0.29) is 13.0 Å². The molecule has 1 saturated heterocycles. The third kappa shape index (κ3) is 2.35. The summed E-state index contributed by atoms with van der Waals surface area (Å²) >= 11 is 0. The van der Waals surface area contributed by atoms with Gasteiger partial charge in [0.1, 0.15) is 0 Å². The van der Waals surface area contributed by atoms with Gasteiger partial charge in [0.25, 0.3) is 0 Å². The first-order chi connectivity index (χ1) is 6.54. The summed E-state index contributed by atoms with van der Waals surface area (Å²) in [6.45, 7) is 0.0665. The monoisotopic (exact) mass is 203 g/mol. The van der Waals surface area contributed by atoms with E-state index in [4.69, 9.17) is 5.11 Å². The van der Waals surface area contributed by atoms with Crippen molar-refractivity contribution >= 4 is 12.1 Å². The number of carbonyl (C=O) groups is 2. The fraction of sp³-hybridized carbons (Fsp3) is 0.750. The molecule has 0 bridgehead atoms. The molecule has 2 atom stereocenters. The number of carbonyl (C=O) groups excluding carboxylic acids is 1. The van der Waals surface area contributed by atoms with Gasteiger partial charge in [-0.3, -0.25) is 4.79 Å². The molecule has 0 aliphatic carbocycles. The van der Waals surface area contributed by atoms with Crippen molar-refractivity contribution in [3.63, 3.8) is 0 Å². The molecule has 0 unspecified atom stereocenters. The quantitative estimate of drug-likeness (QED) is 0.599. The van der Waals surface area contributed by atoms with Crippen LogP contribution in [0.2, 0.25) is 0 Å². The molecule has 1 amide bonds. The minimum Gasteiger partial charge on any atom is -0.469 e. The maximum atomic E-state index is 10.9. The lowest BCUT2D eigenvalue weighted by Gasteiger charge is -2.19. The second-order valence-corrected chi connectivity index (χ2v) is 3.26. The Labute approximate surface area is 81.1 Å². The maximum Gasteiger partial charge on any atom is 0.407 e. The van der Waals surface area contributed by atoms with Gasteiger partial charge in [0, 0.05) is 6.04 Å². The van der Waals surface area contributed by atoms with Gasteiger partial charge in [0.2, 0.25) is 0 Å². The zero-order valence-corrected chi connectivity index (χ0v) is 7.84. The molecule has 1 aliphatic heterocycles. The van der Waals surface area contributed by atoms with E-state index in [1.165, 1.54) is 7.11 Å². The Kier molecular flexibility index (Phi) is 3.29. The molecule has 6 nitrogen and oxygen atoms in total. The van der Waals surface area contributed by atoms with E-state index in [0.29, 0.717) is 6.42 Å². The number of aliphatic hydroxyl groups is 1. The van der Waals surface area contributed by atoms with E-state index in [1.54, 1.807) is 0 Å². The Morgan fingerprint density at radius 3 is 2.71 bits per heavy atom. The Hall–Kier alpha value is -1.30. The number of esters is 1. The van der Waals surface area contributed by atoms with Crippen LogP contribution in [-0.2, 0) is 9.53 Å². The molecule has 14 heavy (non-hydrogen) atoms. The van der Waals surface area contributed by atoms with Gasteiger partial charge in [-0.05, 0) is 6.42 Å². The van der Waals surface area contributed by atoms with E-state index < -0.39 is 24.2 Å². The van der Waals surface area contributed by atoms with Gasteiger partial charge in [0.05, 0.1) is 26.2 Å². The normalized spacial score (nSPS) is 26.3. The molecule has 2 N–H and O–H groups in total. The molecule has 1 fully saturated rings. The minimum absolute atomic E-state index is 0.000139. The summed E-state index contributed by atoms with van der Waals surface area (Å²) in [6.07, 6.45) is -1.50. The second-order valence-electron chi connectivity index (χ2n) is 3.26. The van der Waals surface area contributed by atoms with Crippen molar-refractivity contribution in [3.05, 3.63) is 0 Å². The molecule has 0 saturated carbocycles. The number of nitrogens with zero attached hydrogens (tertiary/aromatic N) is 1. The number of ether oxygens (including phenoxy) is 1. The van der Waals surface area contributed by atoms with Crippen LogP contribution in [0.15, 0.2) is 0 Å². The summed E-state index contributed by atoms with van der Waals surface area (Å²) in [6, 6.07) is -0.463. The molecule has 0 radical (unpaired) electrons. The molecule has 6 heteroatoms. The van der Waals surface area contributed by atoms with Crippen LogP contribution in [-0.4, -0.2) is 53.0 Å². The van der Waals surface area contributed by atoms with E-state index in [9.17, 15) is 14.7 Å². The first kappa shape index (κ1) is 10.8. The first-order valence-electron chi connectivity index (χ1n) is 4.29. The van der Waals surface area contributed by atoms with E-state index in [1.807, 2.05) is 0 Å². The summed E-state index contributed by atoms with van der Waals surface area (Å²) in [5, 5.41) is 18.0. The fourth-order valence-electron chi connectivity index (χ4n) is 1.60. The summed E-state index contributed by atoms with van der Waals surface area (Å²) in [7, 11) is 1.25. The van der Waals surface area contributed by atoms with Gasteiger partial charge in [-0.2, -0.15) is 0 Å². The van der Waals surface area contributed by atoms with Gasteiger partial charge in [0.15, 0.2) is 0 Å². The van der Waals surface area contributed by atoms with Crippen LogP contribution < -0.4 is 0 Å². The molecule has 1 aliphatic rings. The zero-order chi connectivity index (χ0) is 10.7. The number of methoxy groups -OCH3 is 1. The number of likely N-dealkylation sites (tertiary alicyclic amines) is 1. The smallest absolute Gasteiger partial charge is 0.407 e. The van der Waals surface area contributed by atoms with Crippen molar-refractivity contribution in [1.29, 1.82) is 0 Å². The number of carboxylic acid groups (broad SMARTS) is 1. The molecule has 0 aromatic rings. The number of amides is 1. The molecule has 1 heterocycles. The van der Waals surface area contributed by atoms with E-state index in [2.05, 4.69) is 4.74 Å². The Morgan fingerprint density at radius 2 is 2.21 bits per heavy atom. The SMILES string of the molecule is COC(=O)C[C@H]1C[C@@H](O)CN1C(=O)O. The number of aliphatic hydroxyl groups excluding tert-OH is 1. The third-order valence-electron chi connectivity index (χ3n) is 2.27. The molecule has 80 valence electrons. The van der Waals surface area contributed by atoms with E-state index >= 15 is 0 Å². The Bertz CT molecular complexity index is 242. The number of hydrogen-bond donors (Lipinski definition) is 2. The van der Waals surface area contributed by atoms with Gasteiger partial charge >= 0.3 is 12.1 Å². The highest BCUT2D eigenvalue weighted by Crippen LogP contribution is 2.20. The Balaban J connectivity index is 2.57. The molecule has 0 aromatic carbocycles. The lowest BCUT2D eigenvalue weighted by atomic mass is 10.1. The third-order valence-corrected chi connectivity index (χ3v) is 2.27. The summed E-state index contributed by atoms with van der Waals surface area (Å²) in [4.78, 5) is 22.7. The fourth-order valence-corrected chi connectivity index (χ4v) is 1.60. The maximum absolute atomic E-state index is 10.9. The number of β-amino-alcohol motifs (C(OH)–C–C–N with tert-alkyl or cyclic N) is 1. The molecular weight excluding hydrogens is 190 g/mol. The zero-order valence-electron chi connectivity index (χ0n) is 7.84. The van der Waals surface area contributed by atoms with Crippen LogP contribution in [0, 0.1) is 0 Å². The molecule has 0 spiro atoms. The lowest BCUT2D eigenvalue weighted by molar-refractivity contribution is -0.141. The van der Waals surface area contributed by atoms with Crippen LogP contribution in [0.4, 0.5) is 4.79 Å². The highest BCUT2D eigenvalue weighted by molar-refractivity contribution is 5.72. The van der Waals surface area contributed by atoms with Crippen molar-refractivity contribution in [2.24, 2.45) is 0 Å². The lowest BCUT2D eigenvalue weighted by Crippen LogP contribution is -2.36. The van der Waals surface area contributed by atoms with Crippen molar-refractivity contribution in [2.75, 3.05) is 13.7 Å². The molecule has 0 aromatic heterocycles. The van der Waals surface area contributed by atoms with Crippen molar-refractivity contribution in [1.82, 2.24) is 4.90 Å². The highest BCUT2D eigenvalue weighted by Gasteiger charge is 2.35. The van der Waals surface area contributed by atoms with Crippen LogP contribution in [0.5, 0.6) is 0 Å². The summed E-state index contributed by atoms with van der Waals surface area (Å²) in [5.41, 5.74) is 0. The standard InChI is InChI=1S/C8H13NO5/c1-14-7(11)3-5-2-6(10)4-9(5)8(12)13/h5-6,10H,2-4H2,1H3,(H,12,13)/t5-,6-/m1/s1. The Morgan fingerprint density at radius 1 is 1.57 bits per heavy atom. The predicted molar refractivity (Wildman–Crippen MR) is 45.8 cm³/mol. The van der Waals surface area contributed by atoms with Crippen LogP contribution in [0.25, 0.3) is 0 Å². The largest absolute Gasteiger partial charge is 0.469 e. The number of rotatable bonds is 2. The molecular formula is C8H13NO5.